The van der Waals surface area contributed by atoms with E-state index in [9.17, 15) is 5.11 Å². The molecule has 0 radical (unpaired) electrons. The normalized spacial score (nSPS) is 11.4. The average molecular weight is 362 g/mol. The number of nitrogens with zero attached hydrogens (tertiary/aromatic N) is 2. The number of nitrogens with one attached hydrogen (secondary N) is 2. The number of benzene rings is 1. The first kappa shape index (κ1) is 19.1. The van der Waals surface area contributed by atoms with E-state index in [1.54, 1.807) is 17.4 Å². The third kappa shape index (κ3) is 5.63. The molecule has 0 aliphatic rings. The number of phenols is 1. The molecular formula is C18H26N4O2S. The van der Waals surface area contributed by atoms with Crippen molar-refractivity contribution in [1.82, 2.24) is 15.6 Å². The number of hydrogen-bond donors (Lipinski definition) is 3. The number of aromatic hydroxyl groups is 1. The molecule has 1 aromatic carbocycles. The van der Waals surface area contributed by atoms with E-state index in [1.807, 2.05) is 25.3 Å². The summed E-state index contributed by atoms with van der Waals surface area (Å²) in [6.45, 7) is 6.06. The van der Waals surface area contributed by atoms with Crippen LogP contribution < -0.4 is 15.4 Å². The highest BCUT2D eigenvalue weighted by molar-refractivity contribution is 7.11. The molecule has 0 spiro atoms. The molecule has 1 aromatic heterocycles. The number of hydrogen-bond acceptors (Lipinski definition) is 5. The first-order chi connectivity index (χ1) is 12.2. The molecule has 0 bridgehead atoms. The number of methoxy groups -OCH3 is 1. The lowest BCUT2D eigenvalue weighted by atomic mass is 10.2. The van der Waals surface area contributed by atoms with E-state index in [0.29, 0.717) is 12.3 Å². The van der Waals surface area contributed by atoms with Crippen LogP contribution in [0.1, 0.15) is 29.3 Å². The fraction of sp³-hybridized carbons (Fsp3) is 0.444. The van der Waals surface area contributed by atoms with Crippen molar-refractivity contribution in [3.05, 3.63) is 39.8 Å². The second-order valence-corrected chi connectivity index (χ2v) is 6.61. The van der Waals surface area contributed by atoms with Gasteiger partial charge in [0.05, 0.1) is 18.7 Å². The zero-order chi connectivity index (χ0) is 18.1. The van der Waals surface area contributed by atoms with E-state index in [1.165, 1.54) is 12.0 Å². The van der Waals surface area contributed by atoms with Crippen LogP contribution in [0.5, 0.6) is 11.5 Å². The van der Waals surface area contributed by atoms with Gasteiger partial charge in [0, 0.05) is 36.1 Å². The molecule has 0 fully saturated rings. The van der Waals surface area contributed by atoms with Crippen molar-refractivity contribution < 1.29 is 9.84 Å². The Kier molecular flexibility index (Phi) is 7.53. The van der Waals surface area contributed by atoms with E-state index in [-0.39, 0.29) is 5.75 Å². The smallest absolute Gasteiger partial charge is 0.191 e. The minimum Gasteiger partial charge on any atom is -0.504 e. The molecule has 2 rings (SSSR count). The molecule has 0 amide bonds. The largest absolute Gasteiger partial charge is 0.504 e. The van der Waals surface area contributed by atoms with Crippen LogP contribution in [-0.2, 0) is 19.4 Å². The average Bonchev–Trinajstić information content (AvgIpc) is 3.08. The van der Waals surface area contributed by atoms with Gasteiger partial charge in [-0.25, -0.2) is 9.98 Å². The molecule has 2 aromatic rings. The summed E-state index contributed by atoms with van der Waals surface area (Å²) >= 11 is 1.76. The first-order valence-electron chi connectivity index (χ1n) is 8.48. The van der Waals surface area contributed by atoms with E-state index in [0.717, 1.165) is 42.5 Å². The fourth-order valence-corrected chi connectivity index (χ4v) is 3.14. The summed E-state index contributed by atoms with van der Waals surface area (Å²) in [5.74, 6) is 1.32. The van der Waals surface area contributed by atoms with Crippen molar-refractivity contribution in [1.29, 1.82) is 0 Å². The summed E-state index contributed by atoms with van der Waals surface area (Å²) in [7, 11) is 1.54. The molecule has 0 aliphatic carbocycles. The number of aryl methyl sites for hydroxylation is 1. The highest BCUT2D eigenvalue weighted by Gasteiger charge is 2.07. The molecule has 0 atom stereocenters. The van der Waals surface area contributed by atoms with Crippen molar-refractivity contribution in [3.8, 4) is 11.5 Å². The Morgan fingerprint density at radius 3 is 2.84 bits per heavy atom. The van der Waals surface area contributed by atoms with Crippen molar-refractivity contribution in [3.63, 3.8) is 0 Å². The van der Waals surface area contributed by atoms with E-state index >= 15 is 0 Å². The maximum atomic E-state index is 10.1. The molecule has 0 unspecified atom stereocenters. The number of para-hydroxylation sites is 1. The Morgan fingerprint density at radius 1 is 1.32 bits per heavy atom. The Morgan fingerprint density at radius 2 is 2.16 bits per heavy atom. The lowest BCUT2D eigenvalue weighted by Crippen LogP contribution is -2.38. The summed E-state index contributed by atoms with van der Waals surface area (Å²) in [6.07, 6.45) is 3.84. The summed E-state index contributed by atoms with van der Waals surface area (Å²) in [4.78, 5) is 10.3. The van der Waals surface area contributed by atoms with Gasteiger partial charge in [0.25, 0.3) is 0 Å². The summed E-state index contributed by atoms with van der Waals surface area (Å²) < 4.78 is 5.13. The molecule has 0 saturated heterocycles. The van der Waals surface area contributed by atoms with Crippen LogP contribution in [0.2, 0.25) is 0 Å². The number of aromatic nitrogens is 1. The molecule has 25 heavy (non-hydrogen) atoms. The molecule has 7 heteroatoms. The molecule has 136 valence electrons. The van der Waals surface area contributed by atoms with Gasteiger partial charge < -0.3 is 20.5 Å². The predicted octanol–water partition coefficient (Wildman–Crippen LogP) is 2.72. The van der Waals surface area contributed by atoms with E-state index in [4.69, 9.17) is 4.74 Å². The third-order valence-corrected chi connectivity index (χ3v) is 4.84. The van der Waals surface area contributed by atoms with Crippen LogP contribution in [0, 0.1) is 0 Å². The molecule has 0 saturated carbocycles. The number of thiazole rings is 1. The van der Waals surface area contributed by atoms with Gasteiger partial charge in [0.15, 0.2) is 17.5 Å². The Hall–Kier alpha value is -2.28. The summed E-state index contributed by atoms with van der Waals surface area (Å²) in [5.41, 5.74) is 0.726. The van der Waals surface area contributed by atoms with Gasteiger partial charge in [0.1, 0.15) is 0 Å². The second kappa shape index (κ2) is 9.88. The van der Waals surface area contributed by atoms with Crippen LogP contribution in [0.3, 0.4) is 0 Å². The second-order valence-electron chi connectivity index (χ2n) is 5.41. The van der Waals surface area contributed by atoms with Crippen molar-refractivity contribution in [2.24, 2.45) is 4.99 Å². The van der Waals surface area contributed by atoms with E-state index in [2.05, 4.69) is 27.5 Å². The molecule has 1 heterocycles. The van der Waals surface area contributed by atoms with Gasteiger partial charge in [-0.1, -0.05) is 19.1 Å². The number of phenolic OH excluding ortho intramolecular Hbond substituents is 1. The topological polar surface area (TPSA) is 78.8 Å². The number of guanidine groups is 1. The van der Waals surface area contributed by atoms with Crippen molar-refractivity contribution in [2.75, 3.05) is 20.2 Å². The Bertz CT molecular complexity index is 700. The zero-order valence-corrected chi connectivity index (χ0v) is 15.8. The van der Waals surface area contributed by atoms with Crippen LogP contribution >= 0.6 is 11.3 Å². The van der Waals surface area contributed by atoms with Gasteiger partial charge in [0.2, 0.25) is 0 Å². The van der Waals surface area contributed by atoms with Crippen LogP contribution in [0.4, 0.5) is 0 Å². The zero-order valence-electron chi connectivity index (χ0n) is 15.0. The Balaban J connectivity index is 1.93. The van der Waals surface area contributed by atoms with Gasteiger partial charge in [-0.3, -0.25) is 0 Å². The van der Waals surface area contributed by atoms with Crippen molar-refractivity contribution >= 4 is 17.3 Å². The fourth-order valence-electron chi connectivity index (χ4n) is 2.28. The highest BCUT2D eigenvalue weighted by Crippen LogP contribution is 2.29. The first-order valence-corrected chi connectivity index (χ1v) is 9.30. The minimum atomic E-state index is 0.138. The van der Waals surface area contributed by atoms with Crippen LogP contribution in [0.25, 0.3) is 0 Å². The standard InChI is InChI=1S/C18H26N4O2S/c1-4-14-12-21-16(25-14)9-10-20-18(19-5-2)22-11-13-7-6-8-15(24-3)17(13)23/h6-8,12,23H,4-5,9-11H2,1-3H3,(H2,19,20,22). The number of aliphatic imine (C=N–C) groups is 1. The number of rotatable bonds is 8. The monoisotopic (exact) mass is 362 g/mol. The van der Waals surface area contributed by atoms with Crippen molar-refractivity contribution in [2.45, 2.75) is 33.2 Å². The predicted molar refractivity (Wildman–Crippen MR) is 103 cm³/mol. The van der Waals surface area contributed by atoms with Gasteiger partial charge >= 0.3 is 0 Å². The maximum absolute atomic E-state index is 10.1. The SMILES string of the molecule is CCNC(=NCc1cccc(OC)c1O)NCCc1ncc(CC)s1. The van der Waals surface area contributed by atoms with E-state index < -0.39 is 0 Å². The molecule has 0 aliphatic heterocycles. The van der Waals surface area contributed by atoms with Gasteiger partial charge in [-0.2, -0.15) is 0 Å². The lowest BCUT2D eigenvalue weighted by Gasteiger charge is -2.11. The quantitative estimate of drug-likeness (QED) is 0.497. The van der Waals surface area contributed by atoms with Gasteiger partial charge in [-0.05, 0) is 19.4 Å². The van der Waals surface area contributed by atoms with Crippen LogP contribution in [-0.4, -0.2) is 36.2 Å². The highest BCUT2D eigenvalue weighted by atomic mass is 32.1. The summed E-state index contributed by atoms with van der Waals surface area (Å²) in [6, 6.07) is 5.41. The number of ether oxygens (including phenoxy) is 1. The minimum absolute atomic E-state index is 0.138. The summed E-state index contributed by atoms with van der Waals surface area (Å²) in [5, 5.41) is 17.8. The maximum Gasteiger partial charge on any atom is 0.191 e. The molecule has 6 nitrogen and oxygen atoms in total. The van der Waals surface area contributed by atoms with Gasteiger partial charge in [-0.15, -0.1) is 11.3 Å². The molecule has 3 N–H and O–H groups in total. The third-order valence-electron chi connectivity index (χ3n) is 3.64. The van der Waals surface area contributed by atoms with Crippen LogP contribution in [0.15, 0.2) is 29.4 Å². The Labute approximate surface area is 153 Å². The molecular weight excluding hydrogens is 336 g/mol. The lowest BCUT2D eigenvalue weighted by molar-refractivity contribution is 0.370.